The Labute approximate surface area is 58.9 Å². The molecule has 0 heterocycles. The summed E-state index contributed by atoms with van der Waals surface area (Å²) in [5, 5.41) is 8.20. The van der Waals surface area contributed by atoms with Gasteiger partial charge in [-0.15, -0.1) is 0 Å². The van der Waals surface area contributed by atoms with Crippen LogP contribution in [-0.4, -0.2) is 12.0 Å². The smallest absolute Gasteiger partial charge is 0.283 e. The van der Waals surface area contributed by atoms with Gasteiger partial charge in [-0.2, -0.15) is 5.26 Å². The predicted molar refractivity (Wildman–Crippen MR) is 34.5 cm³/mol. The molecule has 4 heteroatoms. The molecule has 2 N–H and O–H groups in total. The Hall–Kier alpha value is -1.50. The van der Waals surface area contributed by atoms with Gasteiger partial charge in [-0.05, 0) is 6.92 Å². The van der Waals surface area contributed by atoms with Gasteiger partial charge in [-0.1, -0.05) is 6.58 Å². The van der Waals surface area contributed by atoms with Gasteiger partial charge < -0.3 is 10.5 Å². The third-order valence-corrected chi connectivity index (χ3v) is 0.776. The quantitative estimate of drug-likeness (QED) is 0.439. The second-order valence-corrected chi connectivity index (χ2v) is 1.68. The average molecular weight is 140 g/mol. The monoisotopic (exact) mass is 140 g/mol. The maximum absolute atomic E-state index is 10.2. The van der Waals surface area contributed by atoms with Crippen molar-refractivity contribution in [1.82, 2.24) is 0 Å². The topological polar surface area (TPSA) is 76.1 Å². The van der Waals surface area contributed by atoms with Crippen molar-refractivity contribution in [3.63, 3.8) is 0 Å². The minimum Gasteiger partial charge on any atom is -0.471 e. The van der Waals surface area contributed by atoms with Crippen LogP contribution in [0, 0.1) is 11.3 Å². The zero-order valence-corrected chi connectivity index (χ0v) is 5.63. The first kappa shape index (κ1) is 8.50. The zero-order valence-electron chi connectivity index (χ0n) is 5.63. The molecule has 0 saturated carbocycles. The SMILES string of the molecule is C=C(OC(C)C#N)C(N)=O. The first-order valence-corrected chi connectivity index (χ1v) is 2.63. The number of rotatable bonds is 3. The molecular weight excluding hydrogens is 132 g/mol. The maximum Gasteiger partial charge on any atom is 0.283 e. The number of nitrogens with zero attached hydrogens (tertiary/aromatic N) is 1. The van der Waals surface area contributed by atoms with Gasteiger partial charge >= 0.3 is 0 Å². The second-order valence-electron chi connectivity index (χ2n) is 1.68. The molecule has 4 nitrogen and oxygen atoms in total. The van der Waals surface area contributed by atoms with Crippen molar-refractivity contribution in [2.24, 2.45) is 5.73 Å². The Morgan fingerprint density at radius 1 is 1.90 bits per heavy atom. The summed E-state index contributed by atoms with van der Waals surface area (Å²) >= 11 is 0. The van der Waals surface area contributed by atoms with Crippen LogP contribution in [-0.2, 0) is 9.53 Å². The number of carbonyl (C=O) groups excluding carboxylic acids is 1. The largest absolute Gasteiger partial charge is 0.471 e. The van der Waals surface area contributed by atoms with Crippen LogP contribution in [0.2, 0.25) is 0 Å². The van der Waals surface area contributed by atoms with E-state index in [1.165, 1.54) is 6.92 Å². The molecule has 0 aliphatic carbocycles. The number of hydrogen-bond acceptors (Lipinski definition) is 3. The van der Waals surface area contributed by atoms with Crippen LogP contribution >= 0.6 is 0 Å². The summed E-state index contributed by atoms with van der Waals surface area (Å²) in [7, 11) is 0. The molecule has 0 aliphatic rings. The van der Waals surface area contributed by atoms with Crippen LogP contribution in [0.25, 0.3) is 0 Å². The zero-order chi connectivity index (χ0) is 8.15. The lowest BCUT2D eigenvalue weighted by atomic mass is 10.4. The van der Waals surface area contributed by atoms with E-state index in [2.05, 4.69) is 11.3 Å². The van der Waals surface area contributed by atoms with E-state index in [4.69, 9.17) is 11.0 Å². The first-order valence-electron chi connectivity index (χ1n) is 2.63. The second kappa shape index (κ2) is 3.51. The molecule has 0 rings (SSSR count). The highest BCUT2D eigenvalue weighted by Gasteiger charge is 2.06. The summed E-state index contributed by atoms with van der Waals surface area (Å²) in [6, 6.07) is 1.76. The molecule has 0 spiro atoms. The lowest BCUT2D eigenvalue weighted by molar-refractivity contribution is -0.118. The van der Waals surface area contributed by atoms with Gasteiger partial charge in [0.25, 0.3) is 5.91 Å². The van der Waals surface area contributed by atoms with Gasteiger partial charge in [0.15, 0.2) is 11.9 Å². The van der Waals surface area contributed by atoms with Gasteiger partial charge in [0, 0.05) is 0 Å². The molecule has 0 aromatic carbocycles. The number of nitriles is 1. The summed E-state index contributed by atoms with van der Waals surface area (Å²) in [4.78, 5) is 10.2. The Balaban J connectivity index is 3.83. The minimum atomic E-state index is -0.748. The molecule has 0 aliphatic heterocycles. The van der Waals surface area contributed by atoms with Crippen molar-refractivity contribution in [1.29, 1.82) is 5.26 Å². The number of hydrogen-bond donors (Lipinski definition) is 1. The van der Waals surface area contributed by atoms with E-state index < -0.39 is 12.0 Å². The van der Waals surface area contributed by atoms with Crippen LogP contribution in [0.1, 0.15) is 6.92 Å². The maximum atomic E-state index is 10.2. The van der Waals surface area contributed by atoms with Crippen LogP contribution < -0.4 is 5.73 Å². The summed E-state index contributed by atoms with van der Waals surface area (Å²) in [5.41, 5.74) is 4.77. The van der Waals surface area contributed by atoms with Gasteiger partial charge in [-0.3, -0.25) is 4.79 Å². The summed E-state index contributed by atoms with van der Waals surface area (Å²) in [6.45, 7) is 4.69. The van der Waals surface area contributed by atoms with Crippen molar-refractivity contribution in [3.8, 4) is 6.07 Å². The Bertz CT molecular complexity index is 192. The van der Waals surface area contributed by atoms with E-state index >= 15 is 0 Å². The van der Waals surface area contributed by atoms with Crippen molar-refractivity contribution in [3.05, 3.63) is 12.3 Å². The van der Waals surface area contributed by atoms with E-state index in [0.29, 0.717) is 0 Å². The Morgan fingerprint density at radius 3 is 2.70 bits per heavy atom. The van der Waals surface area contributed by atoms with E-state index in [-0.39, 0.29) is 5.76 Å². The summed E-state index contributed by atoms with van der Waals surface area (Å²) in [5.74, 6) is -0.934. The standard InChI is InChI=1S/C6H8N2O2/c1-4(3-7)10-5(2)6(8)9/h4H,2H2,1H3,(H2,8,9). The number of ether oxygens (including phenoxy) is 1. The summed E-state index contributed by atoms with van der Waals surface area (Å²) in [6.07, 6.45) is -0.681. The van der Waals surface area contributed by atoms with Crippen LogP contribution in [0.5, 0.6) is 0 Å². The van der Waals surface area contributed by atoms with Gasteiger partial charge in [0.2, 0.25) is 0 Å². The minimum absolute atomic E-state index is 0.186. The molecular formula is C6H8N2O2. The van der Waals surface area contributed by atoms with Gasteiger partial charge in [0.1, 0.15) is 6.07 Å². The lowest BCUT2D eigenvalue weighted by Gasteiger charge is -2.05. The molecule has 1 amide bonds. The highest BCUT2D eigenvalue weighted by atomic mass is 16.5. The predicted octanol–water partition coefficient (Wildman–Crippen LogP) is -0.0859. The lowest BCUT2D eigenvalue weighted by Crippen LogP contribution is -2.18. The number of nitrogens with two attached hydrogens (primary N) is 1. The average Bonchev–Trinajstić information content (AvgIpc) is 1.87. The Morgan fingerprint density at radius 2 is 2.40 bits per heavy atom. The highest BCUT2D eigenvalue weighted by Crippen LogP contribution is 1.96. The fourth-order valence-electron chi connectivity index (χ4n) is 0.298. The number of amides is 1. The molecule has 0 saturated heterocycles. The van der Waals surface area contributed by atoms with Crippen LogP contribution in [0.15, 0.2) is 12.3 Å². The number of primary amides is 1. The van der Waals surface area contributed by atoms with Crippen molar-refractivity contribution < 1.29 is 9.53 Å². The van der Waals surface area contributed by atoms with Gasteiger partial charge in [0.05, 0.1) is 0 Å². The van der Waals surface area contributed by atoms with Gasteiger partial charge in [-0.25, -0.2) is 0 Å². The van der Waals surface area contributed by atoms with Crippen LogP contribution in [0.3, 0.4) is 0 Å². The summed E-state index contributed by atoms with van der Waals surface area (Å²) < 4.78 is 4.63. The highest BCUT2D eigenvalue weighted by molar-refractivity contribution is 5.89. The first-order chi connectivity index (χ1) is 4.57. The van der Waals surface area contributed by atoms with Crippen molar-refractivity contribution in [2.45, 2.75) is 13.0 Å². The molecule has 0 fully saturated rings. The molecule has 0 bridgehead atoms. The van der Waals surface area contributed by atoms with E-state index in [1.807, 2.05) is 0 Å². The molecule has 1 atom stereocenters. The van der Waals surface area contributed by atoms with E-state index in [9.17, 15) is 4.79 Å². The molecule has 54 valence electrons. The Kier molecular flexibility index (Phi) is 2.98. The molecule has 0 aromatic rings. The molecule has 1 unspecified atom stereocenters. The third kappa shape index (κ3) is 2.72. The molecule has 10 heavy (non-hydrogen) atoms. The van der Waals surface area contributed by atoms with E-state index in [1.54, 1.807) is 6.07 Å². The molecule has 0 aromatic heterocycles. The third-order valence-electron chi connectivity index (χ3n) is 0.776. The van der Waals surface area contributed by atoms with Crippen molar-refractivity contribution in [2.75, 3.05) is 0 Å². The van der Waals surface area contributed by atoms with Crippen molar-refractivity contribution >= 4 is 5.91 Å². The fourth-order valence-corrected chi connectivity index (χ4v) is 0.298. The fraction of sp³-hybridized carbons (Fsp3) is 0.333. The van der Waals surface area contributed by atoms with Crippen LogP contribution in [0.4, 0.5) is 0 Å². The van der Waals surface area contributed by atoms with E-state index in [0.717, 1.165) is 0 Å². The number of carbonyl (C=O) groups is 1. The normalized spacial score (nSPS) is 11.2. The molecule has 0 radical (unpaired) electrons.